The predicted octanol–water partition coefficient (Wildman–Crippen LogP) is 0.583. The molecule has 82 valence electrons. The molecule has 0 aliphatic carbocycles. The highest BCUT2D eigenvalue weighted by Gasteiger charge is 2.10. The van der Waals surface area contributed by atoms with Crippen molar-refractivity contribution in [3.05, 3.63) is 24.3 Å². The number of hydrogen-bond acceptors (Lipinski definition) is 4. The molecule has 0 aromatic heterocycles. The van der Waals surface area contributed by atoms with Crippen molar-refractivity contribution in [3.8, 4) is 0 Å². The van der Waals surface area contributed by atoms with Crippen molar-refractivity contribution < 1.29 is 0 Å². The standard InChI is InChI=1S/C10H22N4/c1-9(2,13-11)7-5-6-8-10(3,4)14-12/h5-8,13-14H,11-12H2,1-4H3. The van der Waals surface area contributed by atoms with Crippen LogP contribution in [-0.2, 0) is 0 Å². The maximum Gasteiger partial charge on any atom is 0.0447 e. The Hall–Kier alpha value is -0.680. The Morgan fingerprint density at radius 3 is 1.29 bits per heavy atom. The highest BCUT2D eigenvalue weighted by molar-refractivity contribution is 5.13. The van der Waals surface area contributed by atoms with E-state index in [0.29, 0.717) is 0 Å². The Labute approximate surface area is 86.4 Å². The normalized spacial score (nSPS) is 14.4. The van der Waals surface area contributed by atoms with Crippen molar-refractivity contribution in [1.29, 1.82) is 0 Å². The smallest absolute Gasteiger partial charge is 0.0447 e. The lowest BCUT2D eigenvalue weighted by molar-refractivity contribution is 0.489. The average molecular weight is 198 g/mol. The van der Waals surface area contributed by atoms with E-state index in [1.54, 1.807) is 0 Å². The van der Waals surface area contributed by atoms with Crippen LogP contribution >= 0.6 is 0 Å². The molecule has 0 spiro atoms. The zero-order valence-electron chi connectivity index (χ0n) is 9.46. The molecule has 4 heteroatoms. The van der Waals surface area contributed by atoms with E-state index in [0.717, 1.165) is 0 Å². The second-order valence-electron chi connectivity index (χ2n) is 4.45. The highest BCUT2D eigenvalue weighted by atomic mass is 15.3. The number of nitrogens with two attached hydrogens (primary N) is 2. The number of hydrazine groups is 2. The van der Waals surface area contributed by atoms with Gasteiger partial charge in [-0.2, -0.15) is 0 Å². The highest BCUT2D eigenvalue weighted by Crippen LogP contribution is 2.04. The molecule has 0 aromatic rings. The average Bonchev–Trinajstić information content (AvgIpc) is 2.13. The maximum absolute atomic E-state index is 5.34. The van der Waals surface area contributed by atoms with E-state index in [1.165, 1.54) is 0 Å². The van der Waals surface area contributed by atoms with Crippen LogP contribution in [0.3, 0.4) is 0 Å². The van der Waals surface area contributed by atoms with E-state index in [-0.39, 0.29) is 11.1 Å². The van der Waals surface area contributed by atoms with Crippen LogP contribution in [-0.4, -0.2) is 11.1 Å². The van der Waals surface area contributed by atoms with Gasteiger partial charge < -0.3 is 0 Å². The van der Waals surface area contributed by atoms with Crippen molar-refractivity contribution in [3.63, 3.8) is 0 Å². The molecule has 0 aliphatic rings. The molecule has 0 atom stereocenters. The number of allylic oxidation sites excluding steroid dienone is 2. The summed E-state index contributed by atoms with van der Waals surface area (Å²) in [5.74, 6) is 10.7. The van der Waals surface area contributed by atoms with Gasteiger partial charge in [-0.05, 0) is 27.7 Å². The van der Waals surface area contributed by atoms with Gasteiger partial charge in [0.2, 0.25) is 0 Å². The Morgan fingerprint density at radius 1 is 0.786 bits per heavy atom. The number of hydrogen-bond donors (Lipinski definition) is 4. The first kappa shape index (κ1) is 13.3. The lowest BCUT2D eigenvalue weighted by Crippen LogP contribution is -2.42. The first-order valence-electron chi connectivity index (χ1n) is 4.65. The molecule has 4 nitrogen and oxygen atoms in total. The molecule has 0 saturated heterocycles. The molecule has 0 bridgehead atoms. The summed E-state index contributed by atoms with van der Waals surface area (Å²) in [4.78, 5) is 0. The third kappa shape index (κ3) is 5.88. The molecule has 0 aliphatic heterocycles. The fraction of sp³-hybridized carbons (Fsp3) is 0.600. The van der Waals surface area contributed by atoms with Gasteiger partial charge in [-0.3, -0.25) is 22.5 Å². The van der Waals surface area contributed by atoms with Crippen molar-refractivity contribution in [2.75, 3.05) is 0 Å². The van der Waals surface area contributed by atoms with Gasteiger partial charge in [-0.1, -0.05) is 24.3 Å². The van der Waals surface area contributed by atoms with Gasteiger partial charge >= 0.3 is 0 Å². The summed E-state index contributed by atoms with van der Waals surface area (Å²) in [6.45, 7) is 7.96. The van der Waals surface area contributed by atoms with E-state index >= 15 is 0 Å². The van der Waals surface area contributed by atoms with Crippen molar-refractivity contribution in [2.45, 2.75) is 38.8 Å². The molecule has 14 heavy (non-hydrogen) atoms. The second-order valence-corrected chi connectivity index (χ2v) is 4.45. The maximum atomic E-state index is 5.34. The Bertz CT molecular complexity index is 192. The lowest BCUT2D eigenvalue weighted by Gasteiger charge is -2.19. The van der Waals surface area contributed by atoms with Crippen LogP contribution in [0.15, 0.2) is 24.3 Å². The molecular formula is C10H22N4. The quantitative estimate of drug-likeness (QED) is 0.296. The summed E-state index contributed by atoms with van der Waals surface area (Å²) in [5.41, 5.74) is 5.00. The molecule has 0 radical (unpaired) electrons. The van der Waals surface area contributed by atoms with Gasteiger partial charge in [0.1, 0.15) is 0 Å². The molecule has 0 fully saturated rings. The van der Waals surface area contributed by atoms with Gasteiger partial charge in [0.15, 0.2) is 0 Å². The van der Waals surface area contributed by atoms with E-state index in [9.17, 15) is 0 Å². The van der Waals surface area contributed by atoms with Crippen LogP contribution in [0.1, 0.15) is 27.7 Å². The summed E-state index contributed by atoms with van der Waals surface area (Å²) in [7, 11) is 0. The van der Waals surface area contributed by atoms with Crippen LogP contribution in [0.2, 0.25) is 0 Å². The van der Waals surface area contributed by atoms with Crippen LogP contribution < -0.4 is 22.5 Å². The molecule has 0 saturated carbocycles. The molecule has 0 unspecified atom stereocenters. The summed E-state index contributed by atoms with van der Waals surface area (Å²) < 4.78 is 0. The molecule has 0 aromatic carbocycles. The van der Waals surface area contributed by atoms with Crippen molar-refractivity contribution in [1.82, 2.24) is 10.9 Å². The fourth-order valence-electron chi connectivity index (χ4n) is 0.688. The molecule has 0 rings (SSSR count). The van der Waals surface area contributed by atoms with Gasteiger partial charge in [-0.15, -0.1) is 0 Å². The summed E-state index contributed by atoms with van der Waals surface area (Å²) in [6, 6.07) is 0. The van der Waals surface area contributed by atoms with Crippen LogP contribution in [0.4, 0.5) is 0 Å². The predicted molar refractivity (Wildman–Crippen MR) is 61.1 cm³/mol. The van der Waals surface area contributed by atoms with E-state index in [4.69, 9.17) is 11.7 Å². The minimum Gasteiger partial charge on any atom is -0.271 e. The second kappa shape index (κ2) is 5.26. The van der Waals surface area contributed by atoms with Gasteiger partial charge in [-0.25, -0.2) is 0 Å². The zero-order chi connectivity index (χ0) is 11.2. The monoisotopic (exact) mass is 198 g/mol. The first-order valence-corrected chi connectivity index (χ1v) is 4.65. The minimum absolute atomic E-state index is 0.190. The van der Waals surface area contributed by atoms with Gasteiger partial charge in [0.25, 0.3) is 0 Å². The summed E-state index contributed by atoms with van der Waals surface area (Å²) in [5, 5.41) is 0. The Morgan fingerprint density at radius 2 is 1.07 bits per heavy atom. The van der Waals surface area contributed by atoms with E-state index < -0.39 is 0 Å². The molecule has 0 heterocycles. The van der Waals surface area contributed by atoms with Crippen molar-refractivity contribution >= 4 is 0 Å². The lowest BCUT2D eigenvalue weighted by atomic mass is 10.0. The fourth-order valence-corrected chi connectivity index (χ4v) is 0.688. The van der Waals surface area contributed by atoms with Gasteiger partial charge in [0.05, 0.1) is 0 Å². The topological polar surface area (TPSA) is 76.1 Å². The number of rotatable bonds is 5. The largest absolute Gasteiger partial charge is 0.271 e. The van der Waals surface area contributed by atoms with Gasteiger partial charge in [0, 0.05) is 11.1 Å². The zero-order valence-corrected chi connectivity index (χ0v) is 9.46. The van der Waals surface area contributed by atoms with Crippen LogP contribution in [0, 0.1) is 0 Å². The first-order chi connectivity index (χ1) is 6.33. The molecule has 0 amide bonds. The molecular weight excluding hydrogens is 176 g/mol. The van der Waals surface area contributed by atoms with Crippen molar-refractivity contribution in [2.24, 2.45) is 11.7 Å². The van der Waals surface area contributed by atoms with Crippen LogP contribution in [0.5, 0.6) is 0 Å². The van der Waals surface area contributed by atoms with E-state index in [1.807, 2.05) is 52.0 Å². The third-order valence-corrected chi connectivity index (χ3v) is 1.88. The number of nitrogens with one attached hydrogen (secondary N) is 2. The SMILES string of the molecule is CC(C)(C=CC=CC(C)(C)NN)NN. The minimum atomic E-state index is -0.190. The Kier molecular flexibility index (Phi) is 5.01. The molecule has 6 N–H and O–H groups in total. The van der Waals surface area contributed by atoms with E-state index in [2.05, 4.69) is 10.9 Å². The Balaban J connectivity index is 4.18. The summed E-state index contributed by atoms with van der Waals surface area (Å²) >= 11 is 0. The summed E-state index contributed by atoms with van der Waals surface area (Å²) in [6.07, 6.45) is 7.85. The third-order valence-electron chi connectivity index (χ3n) is 1.88. The van der Waals surface area contributed by atoms with Crippen LogP contribution in [0.25, 0.3) is 0 Å².